The van der Waals surface area contributed by atoms with Crippen LogP contribution >= 0.6 is 0 Å². The maximum atomic E-state index is 13.3. The van der Waals surface area contributed by atoms with Crippen molar-refractivity contribution in [3.8, 4) is 5.75 Å². The van der Waals surface area contributed by atoms with Gasteiger partial charge in [0.05, 0.1) is 25.9 Å². The van der Waals surface area contributed by atoms with E-state index in [1.165, 1.54) is 7.11 Å². The Bertz CT molecular complexity index is 997. The molecule has 0 spiro atoms. The highest BCUT2D eigenvalue weighted by molar-refractivity contribution is 5.66. The van der Waals surface area contributed by atoms with Crippen LogP contribution in [0.3, 0.4) is 0 Å². The van der Waals surface area contributed by atoms with Gasteiger partial charge >= 0.3 is 6.18 Å². The molecule has 0 bridgehead atoms. The van der Waals surface area contributed by atoms with Gasteiger partial charge in [0.25, 0.3) is 0 Å². The van der Waals surface area contributed by atoms with Crippen molar-refractivity contribution in [2.45, 2.75) is 38.1 Å². The SMILES string of the molecule is COc1cc(C2CN(C=O)CCO2)c(C)cc1Nc1ncc(C(F)(F)F)c(NC2CC2)n1. The Morgan fingerprint density at radius 1 is 1.31 bits per heavy atom. The Morgan fingerprint density at radius 2 is 2.09 bits per heavy atom. The molecule has 1 amide bonds. The van der Waals surface area contributed by atoms with Gasteiger partial charge in [0.2, 0.25) is 12.4 Å². The number of anilines is 3. The summed E-state index contributed by atoms with van der Waals surface area (Å²) in [5.41, 5.74) is 1.34. The van der Waals surface area contributed by atoms with E-state index in [9.17, 15) is 18.0 Å². The predicted molar refractivity (Wildman–Crippen MR) is 111 cm³/mol. The number of amides is 1. The van der Waals surface area contributed by atoms with Gasteiger partial charge in [0.1, 0.15) is 23.2 Å². The summed E-state index contributed by atoms with van der Waals surface area (Å²) in [6.45, 7) is 3.29. The van der Waals surface area contributed by atoms with E-state index in [2.05, 4.69) is 20.6 Å². The summed E-state index contributed by atoms with van der Waals surface area (Å²) in [4.78, 5) is 20.7. The lowest BCUT2D eigenvalue weighted by molar-refractivity contribution is -0.137. The van der Waals surface area contributed by atoms with E-state index < -0.39 is 11.7 Å². The van der Waals surface area contributed by atoms with Gasteiger partial charge in [-0.15, -0.1) is 0 Å². The van der Waals surface area contributed by atoms with Gasteiger partial charge in [0.15, 0.2) is 0 Å². The summed E-state index contributed by atoms with van der Waals surface area (Å²) in [6.07, 6.45) is -1.66. The number of methoxy groups -OCH3 is 1. The Kier molecular flexibility index (Phi) is 6.09. The summed E-state index contributed by atoms with van der Waals surface area (Å²) in [7, 11) is 1.49. The Balaban J connectivity index is 1.61. The average molecular weight is 451 g/mol. The molecule has 1 unspecified atom stereocenters. The highest BCUT2D eigenvalue weighted by Crippen LogP contribution is 2.38. The zero-order valence-electron chi connectivity index (χ0n) is 17.7. The largest absolute Gasteiger partial charge is 0.495 e. The van der Waals surface area contributed by atoms with Crippen molar-refractivity contribution in [2.75, 3.05) is 37.4 Å². The Hall–Kier alpha value is -3.08. The average Bonchev–Trinajstić information content (AvgIpc) is 3.57. The van der Waals surface area contributed by atoms with Crippen LogP contribution in [0.2, 0.25) is 0 Å². The third kappa shape index (κ3) is 4.87. The van der Waals surface area contributed by atoms with Crippen LogP contribution in [0.1, 0.15) is 35.6 Å². The quantitative estimate of drug-likeness (QED) is 0.621. The number of halogens is 3. The van der Waals surface area contributed by atoms with Gasteiger partial charge in [-0.2, -0.15) is 18.2 Å². The van der Waals surface area contributed by atoms with Gasteiger partial charge in [-0.05, 0) is 43.0 Å². The second-order valence-electron chi connectivity index (χ2n) is 7.87. The molecule has 1 saturated heterocycles. The van der Waals surface area contributed by atoms with E-state index in [0.29, 0.717) is 31.1 Å². The molecule has 0 radical (unpaired) electrons. The van der Waals surface area contributed by atoms with E-state index >= 15 is 0 Å². The first-order valence-electron chi connectivity index (χ1n) is 10.3. The Morgan fingerprint density at radius 3 is 2.75 bits per heavy atom. The van der Waals surface area contributed by atoms with Gasteiger partial charge in [-0.25, -0.2) is 4.98 Å². The maximum Gasteiger partial charge on any atom is 0.421 e. The summed E-state index contributed by atoms with van der Waals surface area (Å²) < 4.78 is 51.3. The van der Waals surface area contributed by atoms with Gasteiger partial charge in [0, 0.05) is 18.8 Å². The van der Waals surface area contributed by atoms with Crippen molar-refractivity contribution >= 4 is 23.9 Å². The minimum Gasteiger partial charge on any atom is -0.495 e. The number of nitrogens with zero attached hydrogens (tertiary/aromatic N) is 3. The first kappa shape index (κ1) is 22.1. The molecule has 1 atom stereocenters. The number of morpholine rings is 1. The molecule has 2 fully saturated rings. The summed E-state index contributed by atoms with van der Waals surface area (Å²) in [6, 6.07) is 3.59. The number of carbonyl (C=O) groups is 1. The van der Waals surface area contributed by atoms with E-state index in [1.54, 1.807) is 17.0 Å². The second kappa shape index (κ2) is 8.81. The number of benzene rings is 1. The molecule has 1 aliphatic heterocycles. The zero-order chi connectivity index (χ0) is 22.9. The maximum absolute atomic E-state index is 13.3. The fourth-order valence-electron chi connectivity index (χ4n) is 3.57. The lowest BCUT2D eigenvalue weighted by atomic mass is 10.0. The molecule has 2 aromatic rings. The number of nitrogens with one attached hydrogen (secondary N) is 2. The highest BCUT2D eigenvalue weighted by Gasteiger charge is 2.37. The molecule has 2 aliphatic rings. The van der Waals surface area contributed by atoms with E-state index in [0.717, 1.165) is 36.6 Å². The molecule has 2 N–H and O–H groups in total. The standard InChI is InChI=1S/C21H24F3N5O3/c1-12-7-16(17(31-2)8-14(12)18-10-29(11-30)5-6-32-18)27-20-25-9-15(21(22,23)24)19(28-20)26-13-3-4-13/h7-9,11,13,18H,3-6,10H2,1-2H3,(H2,25,26,27,28). The van der Waals surface area contributed by atoms with Crippen molar-refractivity contribution in [2.24, 2.45) is 0 Å². The lowest BCUT2D eigenvalue weighted by Crippen LogP contribution is -2.37. The molecular weight excluding hydrogens is 427 g/mol. The number of rotatable bonds is 7. The minimum absolute atomic E-state index is 0.00339. The molecule has 2 heterocycles. The van der Waals surface area contributed by atoms with Crippen molar-refractivity contribution in [3.05, 3.63) is 35.0 Å². The molecule has 172 valence electrons. The summed E-state index contributed by atoms with van der Waals surface area (Å²) >= 11 is 0. The van der Waals surface area contributed by atoms with Crippen LogP contribution in [-0.4, -0.2) is 54.1 Å². The van der Waals surface area contributed by atoms with E-state index in [-0.39, 0.29) is 23.9 Å². The van der Waals surface area contributed by atoms with Crippen LogP contribution in [0, 0.1) is 6.92 Å². The van der Waals surface area contributed by atoms with Crippen LogP contribution < -0.4 is 15.4 Å². The number of hydrogen-bond acceptors (Lipinski definition) is 7. The molecule has 1 aliphatic carbocycles. The lowest BCUT2D eigenvalue weighted by Gasteiger charge is -2.31. The fraction of sp³-hybridized carbons (Fsp3) is 0.476. The van der Waals surface area contributed by atoms with Gasteiger partial charge in [-0.3, -0.25) is 4.79 Å². The number of aromatic nitrogens is 2. The van der Waals surface area contributed by atoms with Crippen LogP contribution in [0.15, 0.2) is 18.3 Å². The normalized spacial score (nSPS) is 18.9. The number of hydrogen-bond donors (Lipinski definition) is 2. The molecular formula is C21H24F3N5O3. The van der Waals surface area contributed by atoms with Gasteiger partial charge < -0.3 is 25.0 Å². The number of alkyl halides is 3. The number of aryl methyl sites for hydroxylation is 1. The van der Waals surface area contributed by atoms with E-state index in [1.807, 2.05) is 6.92 Å². The molecule has 1 aromatic carbocycles. The molecule has 32 heavy (non-hydrogen) atoms. The van der Waals surface area contributed by atoms with Crippen LogP contribution in [0.5, 0.6) is 5.75 Å². The van der Waals surface area contributed by atoms with Crippen LogP contribution in [0.25, 0.3) is 0 Å². The van der Waals surface area contributed by atoms with Crippen LogP contribution in [-0.2, 0) is 15.7 Å². The first-order chi connectivity index (χ1) is 15.3. The molecule has 11 heteroatoms. The summed E-state index contributed by atoms with van der Waals surface area (Å²) in [5, 5.41) is 5.79. The molecule has 4 rings (SSSR count). The van der Waals surface area contributed by atoms with E-state index in [4.69, 9.17) is 9.47 Å². The predicted octanol–water partition coefficient (Wildman–Crippen LogP) is 3.66. The van der Waals surface area contributed by atoms with Crippen molar-refractivity contribution < 1.29 is 27.4 Å². The fourth-order valence-corrected chi connectivity index (χ4v) is 3.57. The highest BCUT2D eigenvalue weighted by atomic mass is 19.4. The van der Waals surface area contributed by atoms with Crippen LogP contribution in [0.4, 0.5) is 30.6 Å². The topological polar surface area (TPSA) is 88.6 Å². The zero-order valence-corrected chi connectivity index (χ0v) is 17.7. The second-order valence-corrected chi connectivity index (χ2v) is 7.87. The Labute approximate surface area is 183 Å². The van der Waals surface area contributed by atoms with Crippen molar-refractivity contribution in [1.82, 2.24) is 14.9 Å². The number of ether oxygens (including phenoxy) is 2. The monoisotopic (exact) mass is 451 g/mol. The third-order valence-corrected chi connectivity index (χ3v) is 5.44. The molecule has 1 aromatic heterocycles. The summed E-state index contributed by atoms with van der Waals surface area (Å²) in [5.74, 6) is 0.236. The van der Waals surface area contributed by atoms with Gasteiger partial charge in [-0.1, -0.05) is 0 Å². The third-order valence-electron chi connectivity index (χ3n) is 5.44. The molecule has 1 saturated carbocycles. The van der Waals surface area contributed by atoms with Crippen molar-refractivity contribution in [3.63, 3.8) is 0 Å². The number of carbonyl (C=O) groups excluding carboxylic acids is 1. The smallest absolute Gasteiger partial charge is 0.421 e. The van der Waals surface area contributed by atoms with Crippen molar-refractivity contribution in [1.29, 1.82) is 0 Å². The first-order valence-corrected chi connectivity index (χ1v) is 10.3. The molecule has 8 nitrogen and oxygen atoms in total. The minimum atomic E-state index is -4.55.